The number of nitrogens with one attached hydrogen (secondary N) is 2. The van der Waals surface area contributed by atoms with Gasteiger partial charge in [-0.25, -0.2) is 0 Å². The fourth-order valence-corrected chi connectivity index (χ4v) is 0.631. The lowest BCUT2D eigenvalue weighted by Gasteiger charge is -2.09. The van der Waals surface area contributed by atoms with Crippen LogP contribution in [0.1, 0.15) is 13.8 Å². The van der Waals surface area contributed by atoms with Crippen molar-refractivity contribution in [3.8, 4) is 0 Å². The van der Waals surface area contributed by atoms with E-state index in [4.69, 9.17) is 10.9 Å². The fourth-order valence-electron chi connectivity index (χ4n) is 0.631. The summed E-state index contributed by atoms with van der Waals surface area (Å²) >= 11 is 0. The van der Waals surface area contributed by atoms with E-state index in [9.17, 15) is 4.79 Å². The summed E-state index contributed by atoms with van der Waals surface area (Å²) in [4.78, 5) is 10.1. The van der Waals surface area contributed by atoms with Crippen LogP contribution in [-0.2, 0) is 4.79 Å². The minimum Gasteiger partial charge on any atom is -0.480 e. The van der Waals surface area contributed by atoms with Gasteiger partial charge in [0.25, 0.3) is 0 Å². The summed E-state index contributed by atoms with van der Waals surface area (Å²) in [6, 6.07) is 0. The molecular formula is C7H15N3O2. The first-order valence-electron chi connectivity index (χ1n) is 3.73. The van der Waals surface area contributed by atoms with Gasteiger partial charge in [-0.3, -0.25) is 4.79 Å². The molecule has 0 aliphatic carbocycles. The van der Waals surface area contributed by atoms with Crippen molar-refractivity contribution in [2.24, 2.45) is 5.92 Å². The Labute approximate surface area is 71.6 Å². The van der Waals surface area contributed by atoms with E-state index in [-0.39, 0.29) is 12.5 Å². The molecule has 0 heterocycles. The molecule has 0 saturated heterocycles. The van der Waals surface area contributed by atoms with E-state index in [0.717, 1.165) is 5.70 Å². The summed E-state index contributed by atoms with van der Waals surface area (Å²) < 4.78 is 0. The SMILES string of the molecule is CC(C)C(=CNCC(=O)O)[NH2+][NH-]. The van der Waals surface area contributed by atoms with Crippen molar-refractivity contribution in [2.75, 3.05) is 6.54 Å². The summed E-state index contributed by atoms with van der Waals surface area (Å²) in [6.45, 7) is 3.78. The van der Waals surface area contributed by atoms with Gasteiger partial charge in [-0.1, -0.05) is 13.8 Å². The van der Waals surface area contributed by atoms with Gasteiger partial charge in [0.15, 0.2) is 0 Å². The zero-order chi connectivity index (χ0) is 9.56. The Balaban J connectivity index is 3.86. The van der Waals surface area contributed by atoms with Crippen LogP contribution in [0.15, 0.2) is 11.9 Å². The van der Waals surface area contributed by atoms with Gasteiger partial charge >= 0.3 is 5.97 Å². The van der Waals surface area contributed by atoms with Crippen LogP contribution >= 0.6 is 0 Å². The van der Waals surface area contributed by atoms with Crippen molar-refractivity contribution in [3.63, 3.8) is 0 Å². The maximum atomic E-state index is 10.1. The quantitative estimate of drug-likeness (QED) is 0.393. The molecular weight excluding hydrogens is 158 g/mol. The van der Waals surface area contributed by atoms with Crippen LogP contribution in [0, 0.1) is 5.92 Å². The number of carbonyl (C=O) groups is 1. The smallest absolute Gasteiger partial charge is 0.322 e. The van der Waals surface area contributed by atoms with Crippen LogP contribution in [-0.4, -0.2) is 17.6 Å². The zero-order valence-corrected chi connectivity index (χ0v) is 7.29. The molecule has 0 saturated carbocycles. The molecule has 5 N–H and O–H groups in total. The Morgan fingerprint density at radius 3 is 2.67 bits per heavy atom. The average molecular weight is 173 g/mol. The van der Waals surface area contributed by atoms with Crippen molar-refractivity contribution in [1.29, 1.82) is 0 Å². The normalized spacial score (nSPS) is 11.8. The largest absolute Gasteiger partial charge is 0.480 e. The first-order valence-corrected chi connectivity index (χ1v) is 3.73. The highest BCUT2D eigenvalue weighted by Crippen LogP contribution is 1.98. The van der Waals surface area contributed by atoms with E-state index in [0.29, 0.717) is 0 Å². The van der Waals surface area contributed by atoms with Crippen molar-refractivity contribution in [2.45, 2.75) is 13.8 Å². The summed E-state index contributed by atoms with van der Waals surface area (Å²) in [7, 11) is 0. The Morgan fingerprint density at radius 1 is 1.75 bits per heavy atom. The first-order chi connectivity index (χ1) is 5.57. The summed E-state index contributed by atoms with van der Waals surface area (Å²) in [5.41, 5.74) is 2.01. The van der Waals surface area contributed by atoms with Crippen molar-refractivity contribution >= 4 is 5.97 Å². The van der Waals surface area contributed by atoms with Crippen molar-refractivity contribution in [3.05, 3.63) is 17.7 Å². The summed E-state index contributed by atoms with van der Waals surface area (Å²) in [6.07, 6.45) is 1.56. The van der Waals surface area contributed by atoms with E-state index >= 15 is 0 Å². The van der Waals surface area contributed by atoms with E-state index in [1.165, 1.54) is 5.43 Å². The van der Waals surface area contributed by atoms with Crippen LogP contribution < -0.4 is 10.7 Å². The highest BCUT2D eigenvalue weighted by atomic mass is 16.4. The van der Waals surface area contributed by atoms with Crippen LogP contribution in [0.2, 0.25) is 0 Å². The molecule has 0 amide bonds. The number of hydrogen-bond donors (Lipinski definition) is 3. The minimum atomic E-state index is -0.903. The van der Waals surface area contributed by atoms with E-state index in [2.05, 4.69) is 5.32 Å². The number of carboxylic acids is 1. The lowest BCUT2D eigenvalue weighted by Crippen LogP contribution is -2.74. The molecule has 0 rings (SSSR count). The lowest BCUT2D eigenvalue weighted by molar-refractivity contribution is -0.543. The number of quaternary nitrogens is 1. The molecule has 70 valence electrons. The van der Waals surface area contributed by atoms with E-state index < -0.39 is 5.97 Å². The second-order valence-electron chi connectivity index (χ2n) is 2.72. The van der Waals surface area contributed by atoms with Crippen molar-refractivity contribution < 1.29 is 15.3 Å². The van der Waals surface area contributed by atoms with Crippen LogP contribution in [0.3, 0.4) is 0 Å². The maximum absolute atomic E-state index is 10.1. The molecule has 0 atom stereocenters. The van der Waals surface area contributed by atoms with Crippen LogP contribution in [0.5, 0.6) is 0 Å². The highest BCUT2D eigenvalue weighted by molar-refractivity contribution is 5.69. The van der Waals surface area contributed by atoms with Gasteiger partial charge < -0.3 is 21.7 Å². The minimum absolute atomic E-state index is 0.107. The molecule has 0 radical (unpaired) electrons. The molecule has 0 unspecified atom stereocenters. The van der Waals surface area contributed by atoms with Gasteiger partial charge in [0, 0.05) is 5.92 Å². The molecule has 5 nitrogen and oxygen atoms in total. The third kappa shape index (κ3) is 4.70. The zero-order valence-electron chi connectivity index (χ0n) is 7.29. The topological polar surface area (TPSA) is 89.7 Å². The lowest BCUT2D eigenvalue weighted by atomic mass is 10.1. The highest BCUT2D eigenvalue weighted by Gasteiger charge is 2.02. The second kappa shape index (κ2) is 5.56. The third-order valence-electron chi connectivity index (χ3n) is 1.36. The predicted octanol–water partition coefficient (Wildman–Crippen LogP) is -0.311. The predicted molar refractivity (Wildman–Crippen MR) is 44.8 cm³/mol. The first kappa shape index (κ1) is 10.9. The standard InChI is InChI=1S/C7H15N3O2/c1-5(2)6(10-8)3-9-4-7(11)12/h3,5,8-9H,4,10H2,1-2H3,(H,11,12). The number of hydrogen-bond acceptors (Lipinski definition) is 2. The van der Waals surface area contributed by atoms with E-state index in [1.54, 1.807) is 6.20 Å². The number of rotatable bonds is 5. The molecule has 12 heavy (non-hydrogen) atoms. The van der Waals surface area contributed by atoms with Crippen LogP contribution in [0.25, 0.3) is 5.84 Å². The van der Waals surface area contributed by atoms with E-state index in [1.807, 2.05) is 13.8 Å². The van der Waals surface area contributed by atoms with Gasteiger partial charge in [0.05, 0.1) is 6.20 Å². The second-order valence-corrected chi connectivity index (χ2v) is 2.72. The molecule has 0 aromatic heterocycles. The fraction of sp³-hybridized carbons (Fsp3) is 0.571. The Kier molecular flexibility index (Phi) is 5.07. The van der Waals surface area contributed by atoms with Gasteiger partial charge in [0.2, 0.25) is 0 Å². The number of nitrogens with two attached hydrogens (primary N) is 1. The third-order valence-corrected chi connectivity index (χ3v) is 1.36. The number of aliphatic carboxylic acids is 1. The Morgan fingerprint density at radius 2 is 2.33 bits per heavy atom. The van der Waals surface area contributed by atoms with Gasteiger partial charge in [-0.15, -0.1) is 0 Å². The molecule has 5 heteroatoms. The van der Waals surface area contributed by atoms with Crippen molar-refractivity contribution in [1.82, 2.24) is 5.32 Å². The molecule has 0 aromatic carbocycles. The summed E-state index contributed by atoms with van der Waals surface area (Å²) in [5, 5.41) is 10.9. The maximum Gasteiger partial charge on any atom is 0.322 e. The molecule has 0 fully saturated rings. The molecule has 0 bridgehead atoms. The Bertz CT molecular complexity index is 177. The molecule has 0 spiro atoms. The number of carboxylic acid groups (broad SMARTS) is 1. The van der Waals surface area contributed by atoms with Gasteiger partial charge in [0.1, 0.15) is 12.2 Å². The number of allylic oxidation sites excluding steroid dienone is 1. The molecule has 0 aromatic rings. The average Bonchev–Trinajstić information content (AvgIpc) is 1.96. The van der Waals surface area contributed by atoms with Crippen LogP contribution in [0.4, 0.5) is 0 Å². The molecule has 0 aliphatic rings. The monoisotopic (exact) mass is 173 g/mol. The van der Waals surface area contributed by atoms with Gasteiger partial charge in [-0.05, 0) is 0 Å². The molecule has 0 aliphatic heterocycles. The summed E-state index contributed by atoms with van der Waals surface area (Å²) in [5.74, 6) is 6.33. The van der Waals surface area contributed by atoms with Gasteiger partial charge in [-0.2, -0.15) is 0 Å². The Hall–Kier alpha value is -1.07.